The average Bonchev–Trinajstić information content (AvgIpc) is 3.18. The molecule has 0 aromatic heterocycles. The molecule has 4 atom stereocenters. The van der Waals surface area contributed by atoms with E-state index < -0.39 is 58.0 Å². The number of nitrogens with zero attached hydrogens (tertiary/aromatic N) is 3. The lowest BCUT2D eigenvalue weighted by molar-refractivity contribution is -0.153. The smallest absolute Gasteiger partial charge is 0.255 e. The summed E-state index contributed by atoms with van der Waals surface area (Å²) < 4.78 is 0. The van der Waals surface area contributed by atoms with Crippen LogP contribution in [-0.2, 0) is 27.3 Å². The number of carbonyl (C=O) groups excluding carboxylic acids is 3. The molecule has 0 unspecified atom stereocenters. The standard InChI is InChI=1S/C33H46N4O7/c1-35(2)26-19(16-37(5)15-17-10-8-6-7-9-11-17)14-22(38)24-20(26)12-18-13-21-27(36(3)4)29(40)25(32(34)43)31(42)33(21,44)30(41)23(18)28(24)39/h14,17-18,21,27,38-39,42,44H,6-13,15-16H2,1-5H3,(H2,34,43)/t18-,21-,27-,33-/m0/s1. The van der Waals surface area contributed by atoms with Crippen molar-refractivity contribution in [1.82, 2.24) is 9.80 Å². The third-order valence-corrected chi connectivity index (χ3v) is 10.2. The van der Waals surface area contributed by atoms with E-state index in [-0.39, 0.29) is 29.7 Å². The van der Waals surface area contributed by atoms with Gasteiger partial charge in [-0.15, -0.1) is 0 Å². The number of fused-ring (bicyclic) bond motifs is 3. The highest BCUT2D eigenvalue weighted by Crippen LogP contribution is 2.54. The fourth-order valence-electron chi connectivity index (χ4n) is 8.39. The fourth-order valence-corrected chi connectivity index (χ4v) is 8.39. The first kappa shape index (κ1) is 32.0. The van der Waals surface area contributed by atoms with Crippen LogP contribution in [0.25, 0.3) is 5.76 Å². The summed E-state index contributed by atoms with van der Waals surface area (Å²) in [4.78, 5) is 45.4. The van der Waals surface area contributed by atoms with E-state index >= 15 is 0 Å². The number of hydrogen-bond acceptors (Lipinski definition) is 10. The lowest BCUT2D eigenvalue weighted by Crippen LogP contribution is -2.65. The highest BCUT2D eigenvalue weighted by Gasteiger charge is 2.64. The minimum absolute atomic E-state index is 0.0607. The molecular formula is C33H46N4O7. The van der Waals surface area contributed by atoms with Crippen LogP contribution in [0.4, 0.5) is 5.69 Å². The zero-order valence-electron chi connectivity index (χ0n) is 26.4. The van der Waals surface area contributed by atoms with E-state index in [1.165, 1.54) is 43.4 Å². The third kappa shape index (κ3) is 5.08. The molecule has 5 rings (SSSR count). The maximum atomic E-state index is 14.1. The number of Topliss-reactive ketones (excluding diaryl/α,β-unsaturated/α-hetero) is 2. The van der Waals surface area contributed by atoms with Gasteiger partial charge in [0.25, 0.3) is 5.91 Å². The molecule has 4 aliphatic carbocycles. The number of amides is 1. The molecule has 1 aromatic rings. The van der Waals surface area contributed by atoms with Crippen molar-refractivity contribution >= 4 is 28.9 Å². The lowest BCUT2D eigenvalue weighted by Gasteiger charge is -2.50. The molecule has 6 N–H and O–H groups in total. The van der Waals surface area contributed by atoms with Crippen molar-refractivity contribution in [3.8, 4) is 5.75 Å². The first-order chi connectivity index (χ1) is 20.7. The Morgan fingerprint density at radius 1 is 1.02 bits per heavy atom. The van der Waals surface area contributed by atoms with Gasteiger partial charge in [0.2, 0.25) is 5.78 Å². The van der Waals surface area contributed by atoms with Crippen LogP contribution in [0.1, 0.15) is 61.6 Å². The molecule has 11 nitrogen and oxygen atoms in total. The number of hydrogen-bond donors (Lipinski definition) is 5. The number of phenols is 1. The first-order valence-electron chi connectivity index (χ1n) is 15.6. The molecule has 0 heterocycles. The van der Waals surface area contributed by atoms with E-state index in [9.17, 15) is 34.8 Å². The Bertz CT molecular complexity index is 1440. The van der Waals surface area contributed by atoms with Gasteiger partial charge < -0.3 is 36.0 Å². The predicted molar refractivity (Wildman–Crippen MR) is 166 cm³/mol. The van der Waals surface area contributed by atoms with Gasteiger partial charge in [-0.1, -0.05) is 25.7 Å². The minimum atomic E-state index is -2.65. The molecule has 1 amide bonds. The van der Waals surface area contributed by atoms with Crippen molar-refractivity contribution in [1.29, 1.82) is 0 Å². The van der Waals surface area contributed by atoms with Crippen molar-refractivity contribution < 1.29 is 34.8 Å². The summed E-state index contributed by atoms with van der Waals surface area (Å²) in [7, 11) is 9.07. The van der Waals surface area contributed by atoms with E-state index in [1.54, 1.807) is 20.2 Å². The molecule has 2 fully saturated rings. The van der Waals surface area contributed by atoms with Crippen LogP contribution in [0.15, 0.2) is 23.0 Å². The Morgan fingerprint density at radius 2 is 1.66 bits per heavy atom. The number of aromatic hydroxyl groups is 1. The maximum absolute atomic E-state index is 14.1. The number of primary amides is 1. The number of anilines is 1. The summed E-state index contributed by atoms with van der Waals surface area (Å²) in [5.41, 5.74) is 4.32. The van der Waals surface area contributed by atoms with Gasteiger partial charge in [0.15, 0.2) is 11.4 Å². The first-order valence-corrected chi connectivity index (χ1v) is 15.6. The minimum Gasteiger partial charge on any atom is -0.508 e. The molecule has 2 saturated carbocycles. The monoisotopic (exact) mass is 610 g/mol. The van der Waals surface area contributed by atoms with Gasteiger partial charge >= 0.3 is 0 Å². The topological polar surface area (TPSA) is 168 Å². The summed E-state index contributed by atoms with van der Waals surface area (Å²) in [5.74, 6) is -5.85. The van der Waals surface area contributed by atoms with E-state index in [2.05, 4.69) is 11.9 Å². The van der Waals surface area contributed by atoms with Gasteiger partial charge in [-0.25, -0.2) is 0 Å². The maximum Gasteiger partial charge on any atom is 0.255 e. The zero-order valence-corrected chi connectivity index (χ0v) is 26.4. The number of rotatable bonds is 7. The Balaban J connectivity index is 1.59. The highest BCUT2D eigenvalue weighted by atomic mass is 16.3. The number of likely N-dealkylation sites (N-methyl/N-ethyl adjacent to an activating group) is 1. The second-order valence-electron chi connectivity index (χ2n) is 13.7. The van der Waals surface area contributed by atoms with E-state index in [4.69, 9.17) is 5.73 Å². The van der Waals surface area contributed by atoms with Gasteiger partial charge in [-0.3, -0.25) is 19.3 Å². The van der Waals surface area contributed by atoms with Crippen LogP contribution in [0.3, 0.4) is 0 Å². The van der Waals surface area contributed by atoms with Crippen LogP contribution in [0.2, 0.25) is 0 Å². The highest BCUT2D eigenvalue weighted by molar-refractivity contribution is 6.24. The van der Waals surface area contributed by atoms with Crippen molar-refractivity contribution in [3.63, 3.8) is 0 Å². The Labute approximate surface area is 258 Å². The molecule has 0 radical (unpaired) electrons. The van der Waals surface area contributed by atoms with Crippen LogP contribution in [0, 0.1) is 17.8 Å². The van der Waals surface area contributed by atoms with Crippen molar-refractivity contribution in [3.05, 3.63) is 39.7 Å². The van der Waals surface area contributed by atoms with Crippen LogP contribution in [-0.4, -0.2) is 101 Å². The Morgan fingerprint density at radius 3 is 2.23 bits per heavy atom. The summed E-state index contributed by atoms with van der Waals surface area (Å²) in [5, 5.41) is 45.8. The van der Waals surface area contributed by atoms with E-state index in [1.807, 2.05) is 19.0 Å². The number of nitrogens with two attached hydrogens (primary N) is 1. The molecule has 11 heteroatoms. The number of phenolic OH excluding ortho intramolecular Hbond substituents is 1. The molecule has 0 bridgehead atoms. The molecule has 1 aromatic carbocycles. The molecule has 240 valence electrons. The molecule has 44 heavy (non-hydrogen) atoms. The molecule has 4 aliphatic rings. The van der Waals surface area contributed by atoms with Crippen molar-refractivity contribution in [2.24, 2.45) is 23.5 Å². The van der Waals surface area contributed by atoms with Crippen molar-refractivity contribution in [2.45, 2.75) is 69.6 Å². The number of ketones is 2. The van der Waals surface area contributed by atoms with Crippen LogP contribution >= 0.6 is 0 Å². The van der Waals surface area contributed by atoms with E-state index in [0.29, 0.717) is 18.0 Å². The fraction of sp³-hybridized carbons (Fsp3) is 0.606. The summed E-state index contributed by atoms with van der Waals surface area (Å²) in [6.45, 7) is 1.53. The quantitative estimate of drug-likeness (QED) is 0.228. The third-order valence-electron chi connectivity index (χ3n) is 10.2. The van der Waals surface area contributed by atoms with Gasteiger partial charge in [-0.2, -0.15) is 0 Å². The van der Waals surface area contributed by atoms with Crippen LogP contribution < -0.4 is 10.6 Å². The average molecular weight is 611 g/mol. The van der Waals surface area contributed by atoms with Crippen LogP contribution in [0.5, 0.6) is 5.75 Å². The zero-order chi connectivity index (χ0) is 32.2. The molecule has 0 aliphatic heterocycles. The number of aliphatic hydroxyl groups excluding tert-OH is 2. The summed E-state index contributed by atoms with van der Waals surface area (Å²) >= 11 is 0. The van der Waals surface area contributed by atoms with Gasteiger partial charge in [0.05, 0.1) is 11.6 Å². The Kier molecular flexibility index (Phi) is 8.60. The number of aliphatic hydroxyl groups is 3. The number of benzene rings is 1. The molecule has 0 spiro atoms. The Hall–Kier alpha value is -3.41. The summed E-state index contributed by atoms with van der Waals surface area (Å²) in [6, 6.07) is 0.516. The summed E-state index contributed by atoms with van der Waals surface area (Å²) in [6.07, 6.45) is 7.83. The van der Waals surface area contributed by atoms with E-state index in [0.717, 1.165) is 17.8 Å². The van der Waals surface area contributed by atoms with Gasteiger partial charge in [-0.05, 0) is 75.9 Å². The predicted octanol–water partition coefficient (Wildman–Crippen LogP) is 2.43. The second-order valence-corrected chi connectivity index (χ2v) is 13.7. The number of carbonyl (C=O) groups is 3. The largest absolute Gasteiger partial charge is 0.508 e. The SMILES string of the molecule is CN(Cc1cc(O)c2c(c1N(C)C)C[C@H]1C[C@H]3[C@H](N(C)C)C(=O)C(C(N)=O)=C(O)[C@@]3(O)C(=O)C1=C2O)CC1CCCCCC1. The molecular weight excluding hydrogens is 564 g/mol. The lowest BCUT2D eigenvalue weighted by atomic mass is 9.57. The normalized spacial score (nSPS) is 27.8. The van der Waals surface area contributed by atoms with Crippen molar-refractivity contribution in [2.75, 3.05) is 46.7 Å². The molecule has 0 saturated heterocycles. The second kappa shape index (κ2) is 11.8. The van der Waals surface area contributed by atoms with Gasteiger partial charge in [0, 0.05) is 44.4 Å². The van der Waals surface area contributed by atoms with Gasteiger partial charge in [0.1, 0.15) is 22.8 Å².